The maximum absolute atomic E-state index is 3.24. The highest BCUT2D eigenvalue weighted by atomic mass is 14.1. The van der Waals surface area contributed by atoms with Gasteiger partial charge in [0.15, 0.2) is 0 Å². The first-order valence-corrected chi connectivity index (χ1v) is 3.60. The van der Waals surface area contributed by atoms with E-state index in [1.54, 1.807) is 0 Å². The van der Waals surface area contributed by atoms with Gasteiger partial charge in [-0.3, -0.25) is 0 Å². The highest BCUT2D eigenvalue weighted by molar-refractivity contribution is 5.32. The summed E-state index contributed by atoms with van der Waals surface area (Å²) in [5.74, 6) is 0. The van der Waals surface area contributed by atoms with Crippen LogP contribution in [-0.2, 0) is 12.8 Å². The monoisotopic (exact) mass is 129 g/mol. The van der Waals surface area contributed by atoms with Gasteiger partial charge in [0.2, 0.25) is 0 Å². The lowest BCUT2D eigenvalue weighted by Crippen LogP contribution is -1.95. The minimum absolute atomic E-state index is 1.07. The standard InChI is InChI=1S/C10H9/c1-2-6-10-8-4-3-7-9(10)5-1/h1-5H,7-8H2. The van der Waals surface area contributed by atoms with Gasteiger partial charge >= 0.3 is 0 Å². The Kier molecular flexibility index (Phi) is 1.31. The second-order valence-electron chi connectivity index (χ2n) is 2.55. The van der Waals surface area contributed by atoms with Crippen LogP contribution in [0.1, 0.15) is 11.1 Å². The van der Waals surface area contributed by atoms with Crippen LogP contribution in [0, 0.1) is 6.07 Å². The third-order valence-electron chi connectivity index (χ3n) is 1.87. The SMILES string of the molecule is [c]1cccc2c1CC=CC2. The lowest BCUT2D eigenvalue weighted by Gasteiger charge is -2.08. The summed E-state index contributed by atoms with van der Waals surface area (Å²) >= 11 is 0. The maximum atomic E-state index is 3.24. The highest BCUT2D eigenvalue weighted by Gasteiger charge is 2.01. The second-order valence-corrected chi connectivity index (χ2v) is 2.55. The maximum Gasteiger partial charge on any atom is -0.00883 e. The molecule has 0 nitrogen and oxygen atoms in total. The fourth-order valence-corrected chi connectivity index (χ4v) is 1.30. The molecule has 2 rings (SSSR count). The van der Waals surface area contributed by atoms with Crippen molar-refractivity contribution in [2.75, 3.05) is 0 Å². The normalized spacial score (nSPS) is 14.8. The molecule has 0 spiro atoms. The van der Waals surface area contributed by atoms with Gasteiger partial charge in [-0.05, 0) is 30.0 Å². The number of allylic oxidation sites excluding steroid dienone is 2. The van der Waals surface area contributed by atoms with E-state index in [2.05, 4.69) is 30.4 Å². The van der Waals surface area contributed by atoms with Crippen LogP contribution in [0.25, 0.3) is 0 Å². The van der Waals surface area contributed by atoms with Crippen molar-refractivity contribution < 1.29 is 0 Å². The summed E-state index contributed by atoms with van der Waals surface area (Å²) < 4.78 is 0. The fourth-order valence-electron chi connectivity index (χ4n) is 1.30. The molecular weight excluding hydrogens is 120 g/mol. The van der Waals surface area contributed by atoms with Gasteiger partial charge in [0.1, 0.15) is 0 Å². The lowest BCUT2D eigenvalue weighted by atomic mass is 9.97. The summed E-state index contributed by atoms with van der Waals surface area (Å²) in [4.78, 5) is 0. The molecule has 1 aromatic rings. The number of hydrogen-bond donors (Lipinski definition) is 0. The quantitative estimate of drug-likeness (QED) is 0.471. The summed E-state index contributed by atoms with van der Waals surface area (Å²) in [5.41, 5.74) is 2.80. The molecule has 49 valence electrons. The van der Waals surface area contributed by atoms with Crippen molar-refractivity contribution in [2.24, 2.45) is 0 Å². The molecule has 0 fully saturated rings. The Morgan fingerprint density at radius 1 is 1.20 bits per heavy atom. The van der Waals surface area contributed by atoms with Gasteiger partial charge in [-0.2, -0.15) is 0 Å². The van der Waals surface area contributed by atoms with Crippen LogP contribution in [0.3, 0.4) is 0 Å². The topological polar surface area (TPSA) is 0 Å². The molecule has 1 radical (unpaired) electrons. The zero-order chi connectivity index (χ0) is 6.81. The van der Waals surface area contributed by atoms with E-state index in [4.69, 9.17) is 0 Å². The van der Waals surface area contributed by atoms with Crippen LogP contribution < -0.4 is 0 Å². The third-order valence-corrected chi connectivity index (χ3v) is 1.87. The minimum atomic E-state index is 1.07. The third kappa shape index (κ3) is 0.860. The van der Waals surface area contributed by atoms with E-state index in [9.17, 15) is 0 Å². The van der Waals surface area contributed by atoms with Crippen LogP contribution in [0.4, 0.5) is 0 Å². The molecule has 0 bridgehead atoms. The predicted molar refractivity (Wildman–Crippen MR) is 41.8 cm³/mol. The molecule has 1 aliphatic rings. The van der Waals surface area contributed by atoms with E-state index < -0.39 is 0 Å². The first-order valence-electron chi connectivity index (χ1n) is 3.60. The Balaban J connectivity index is 2.47. The summed E-state index contributed by atoms with van der Waals surface area (Å²) in [5, 5.41) is 0. The van der Waals surface area contributed by atoms with E-state index in [1.807, 2.05) is 6.07 Å². The highest BCUT2D eigenvalue weighted by Crippen LogP contribution is 2.14. The first-order chi connectivity index (χ1) is 4.97. The summed E-state index contributed by atoms with van der Waals surface area (Å²) in [6, 6.07) is 9.45. The Bertz CT molecular complexity index is 231. The van der Waals surface area contributed by atoms with Gasteiger partial charge in [-0.15, -0.1) is 0 Å². The molecule has 0 heterocycles. The van der Waals surface area contributed by atoms with E-state index >= 15 is 0 Å². The summed E-state index contributed by atoms with van der Waals surface area (Å²) in [6.45, 7) is 0. The van der Waals surface area contributed by atoms with Crippen LogP contribution in [0.5, 0.6) is 0 Å². The first kappa shape index (κ1) is 5.72. The molecule has 0 saturated carbocycles. The molecule has 0 heteroatoms. The molecule has 0 aromatic heterocycles. The minimum Gasteiger partial charge on any atom is -0.0838 e. The van der Waals surface area contributed by atoms with Crippen LogP contribution in [-0.4, -0.2) is 0 Å². The van der Waals surface area contributed by atoms with Crippen molar-refractivity contribution in [1.29, 1.82) is 0 Å². The molecule has 10 heavy (non-hydrogen) atoms. The number of hydrogen-bond acceptors (Lipinski definition) is 0. The fraction of sp³-hybridized carbons (Fsp3) is 0.200. The Morgan fingerprint density at radius 2 is 2.10 bits per heavy atom. The number of fused-ring (bicyclic) bond motifs is 1. The Labute approximate surface area is 61.2 Å². The van der Waals surface area contributed by atoms with Gasteiger partial charge in [0, 0.05) is 0 Å². The van der Waals surface area contributed by atoms with Crippen molar-refractivity contribution >= 4 is 0 Å². The molecule has 0 N–H and O–H groups in total. The van der Waals surface area contributed by atoms with Gasteiger partial charge in [0.05, 0.1) is 0 Å². The smallest absolute Gasteiger partial charge is 0.00883 e. The van der Waals surface area contributed by atoms with Gasteiger partial charge in [0.25, 0.3) is 0 Å². The van der Waals surface area contributed by atoms with Crippen molar-refractivity contribution in [1.82, 2.24) is 0 Å². The molecule has 0 aliphatic heterocycles. The van der Waals surface area contributed by atoms with E-state index in [1.165, 1.54) is 11.1 Å². The molecule has 0 saturated heterocycles. The zero-order valence-corrected chi connectivity index (χ0v) is 5.80. The van der Waals surface area contributed by atoms with Crippen molar-refractivity contribution in [3.8, 4) is 0 Å². The average molecular weight is 129 g/mol. The summed E-state index contributed by atoms with van der Waals surface area (Å²) in [6.07, 6.45) is 6.58. The second kappa shape index (κ2) is 2.30. The molecule has 1 aliphatic carbocycles. The van der Waals surface area contributed by atoms with Gasteiger partial charge in [-0.1, -0.05) is 30.4 Å². The van der Waals surface area contributed by atoms with Gasteiger partial charge < -0.3 is 0 Å². The Morgan fingerprint density at radius 3 is 3.00 bits per heavy atom. The van der Waals surface area contributed by atoms with Crippen molar-refractivity contribution in [3.63, 3.8) is 0 Å². The van der Waals surface area contributed by atoms with Gasteiger partial charge in [-0.25, -0.2) is 0 Å². The largest absolute Gasteiger partial charge is 0.0838 e. The molecular formula is C10H9. The molecule has 0 unspecified atom stereocenters. The van der Waals surface area contributed by atoms with E-state index in [0.717, 1.165) is 12.8 Å². The molecule has 0 atom stereocenters. The average Bonchev–Trinajstić information content (AvgIpc) is 2.05. The summed E-state index contributed by atoms with van der Waals surface area (Å²) in [7, 11) is 0. The molecule has 0 amide bonds. The lowest BCUT2D eigenvalue weighted by molar-refractivity contribution is 1.09. The van der Waals surface area contributed by atoms with Crippen LogP contribution in [0.15, 0.2) is 30.4 Å². The number of rotatable bonds is 0. The zero-order valence-electron chi connectivity index (χ0n) is 5.80. The van der Waals surface area contributed by atoms with Crippen molar-refractivity contribution in [3.05, 3.63) is 47.5 Å². The molecule has 1 aromatic carbocycles. The van der Waals surface area contributed by atoms with Crippen LogP contribution in [0.2, 0.25) is 0 Å². The van der Waals surface area contributed by atoms with E-state index in [0.29, 0.717) is 0 Å². The van der Waals surface area contributed by atoms with Crippen molar-refractivity contribution in [2.45, 2.75) is 12.8 Å². The predicted octanol–water partition coefficient (Wildman–Crippen LogP) is 2.14. The van der Waals surface area contributed by atoms with E-state index in [-0.39, 0.29) is 0 Å². The van der Waals surface area contributed by atoms with Crippen LogP contribution >= 0.6 is 0 Å². The Hall–Kier alpha value is -1.04. The number of benzene rings is 1.